The van der Waals surface area contributed by atoms with Crippen molar-refractivity contribution in [1.29, 1.82) is 0 Å². The molecule has 3 heteroatoms. The number of rotatable bonds is 8. The Kier molecular flexibility index (Phi) is 7.39. The van der Waals surface area contributed by atoms with Gasteiger partial charge in [-0.2, -0.15) is 0 Å². The van der Waals surface area contributed by atoms with Gasteiger partial charge in [-0.15, -0.1) is 0 Å². The Bertz CT molecular complexity index is 730. The molecule has 0 spiro atoms. The van der Waals surface area contributed by atoms with E-state index in [-0.39, 0.29) is 11.9 Å². The van der Waals surface area contributed by atoms with Crippen LogP contribution in [0.1, 0.15) is 30.9 Å². The number of carbonyl (C=O) groups is 2. The summed E-state index contributed by atoms with van der Waals surface area (Å²) in [6.45, 7) is 1.79. The quantitative estimate of drug-likeness (QED) is 0.519. The van der Waals surface area contributed by atoms with Crippen molar-refractivity contribution in [2.45, 2.75) is 25.9 Å². The Labute approximate surface area is 148 Å². The molecule has 0 aliphatic heterocycles. The summed E-state index contributed by atoms with van der Waals surface area (Å²) in [6, 6.07) is 19.2. The zero-order chi connectivity index (χ0) is 17.9. The van der Waals surface area contributed by atoms with E-state index in [2.05, 4.69) is 0 Å². The van der Waals surface area contributed by atoms with Crippen LogP contribution in [0.3, 0.4) is 0 Å². The van der Waals surface area contributed by atoms with E-state index in [1.807, 2.05) is 60.7 Å². The largest absolute Gasteiger partial charge is 0.459 e. The van der Waals surface area contributed by atoms with Crippen LogP contribution in [0, 0.1) is 0 Å². The number of benzene rings is 2. The SMILES string of the molecule is CC(CCC(=O)/C=C/c1ccccc1)OC(=O)/C=C/c1ccccc1. The van der Waals surface area contributed by atoms with Gasteiger partial charge in [0.25, 0.3) is 0 Å². The second kappa shape index (κ2) is 10.0. The fourth-order valence-corrected chi connectivity index (χ4v) is 2.21. The van der Waals surface area contributed by atoms with Crippen molar-refractivity contribution in [3.05, 3.63) is 83.9 Å². The molecule has 1 unspecified atom stereocenters. The van der Waals surface area contributed by atoms with Gasteiger partial charge in [0.15, 0.2) is 5.78 Å². The van der Waals surface area contributed by atoms with Gasteiger partial charge in [-0.1, -0.05) is 66.7 Å². The van der Waals surface area contributed by atoms with Gasteiger partial charge >= 0.3 is 5.97 Å². The van der Waals surface area contributed by atoms with E-state index in [0.29, 0.717) is 12.8 Å². The Morgan fingerprint density at radius 2 is 1.40 bits per heavy atom. The maximum atomic E-state index is 11.9. The monoisotopic (exact) mass is 334 g/mol. The zero-order valence-electron chi connectivity index (χ0n) is 14.3. The van der Waals surface area contributed by atoms with E-state index in [1.54, 1.807) is 25.2 Å². The van der Waals surface area contributed by atoms with Crippen LogP contribution in [0.5, 0.6) is 0 Å². The highest BCUT2D eigenvalue weighted by molar-refractivity contribution is 5.93. The van der Waals surface area contributed by atoms with Gasteiger partial charge in [-0.25, -0.2) is 4.79 Å². The van der Waals surface area contributed by atoms with Crippen molar-refractivity contribution in [3.63, 3.8) is 0 Å². The van der Waals surface area contributed by atoms with Gasteiger partial charge in [-0.3, -0.25) is 4.79 Å². The molecular weight excluding hydrogens is 312 g/mol. The third-order valence-electron chi connectivity index (χ3n) is 3.59. The summed E-state index contributed by atoms with van der Waals surface area (Å²) < 4.78 is 5.28. The van der Waals surface area contributed by atoms with Crippen LogP contribution in [0.25, 0.3) is 12.2 Å². The van der Waals surface area contributed by atoms with Crippen molar-refractivity contribution in [2.24, 2.45) is 0 Å². The van der Waals surface area contributed by atoms with Crippen LogP contribution in [0.4, 0.5) is 0 Å². The Hall–Kier alpha value is -2.94. The highest BCUT2D eigenvalue weighted by Crippen LogP contribution is 2.07. The second-order valence-electron chi connectivity index (χ2n) is 5.74. The van der Waals surface area contributed by atoms with Crippen molar-refractivity contribution in [2.75, 3.05) is 0 Å². The first kappa shape index (κ1) is 18.4. The minimum atomic E-state index is -0.399. The second-order valence-corrected chi connectivity index (χ2v) is 5.74. The zero-order valence-corrected chi connectivity index (χ0v) is 14.3. The third kappa shape index (κ3) is 7.44. The fourth-order valence-electron chi connectivity index (χ4n) is 2.21. The smallest absolute Gasteiger partial charge is 0.331 e. The molecule has 0 heterocycles. The summed E-state index contributed by atoms with van der Waals surface area (Å²) in [5.41, 5.74) is 1.93. The molecule has 0 saturated heterocycles. The molecule has 25 heavy (non-hydrogen) atoms. The highest BCUT2D eigenvalue weighted by Gasteiger charge is 2.08. The average Bonchev–Trinajstić information content (AvgIpc) is 2.65. The Morgan fingerprint density at radius 3 is 1.96 bits per heavy atom. The summed E-state index contributed by atoms with van der Waals surface area (Å²) >= 11 is 0. The molecule has 0 fully saturated rings. The molecule has 128 valence electrons. The molecule has 0 saturated carbocycles. The van der Waals surface area contributed by atoms with Gasteiger partial charge in [0, 0.05) is 12.5 Å². The number of allylic oxidation sites excluding steroid dienone is 1. The standard InChI is InChI=1S/C22H22O3/c1-18(25-22(24)17-14-20-10-6-3-7-11-20)12-15-21(23)16-13-19-8-4-2-5-9-19/h2-11,13-14,16-18H,12,15H2,1H3/b16-13+,17-14+. The minimum Gasteiger partial charge on any atom is -0.459 e. The number of ketones is 1. The first-order valence-corrected chi connectivity index (χ1v) is 8.33. The maximum Gasteiger partial charge on any atom is 0.331 e. The van der Waals surface area contributed by atoms with E-state index in [0.717, 1.165) is 11.1 Å². The molecule has 0 aromatic heterocycles. The normalized spacial score (nSPS) is 12.4. The molecule has 2 rings (SSSR count). The summed E-state index contributed by atoms with van der Waals surface area (Å²) in [4.78, 5) is 23.7. The molecule has 0 N–H and O–H groups in total. The fraction of sp³-hybridized carbons (Fsp3) is 0.182. The van der Waals surface area contributed by atoms with Crippen molar-refractivity contribution in [3.8, 4) is 0 Å². The highest BCUT2D eigenvalue weighted by atomic mass is 16.5. The van der Waals surface area contributed by atoms with E-state index in [1.165, 1.54) is 6.08 Å². The van der Waals surface area contributed by atoms with Gasteiger partial charge < -0.3 is 4.74 Å². The summed E-state index contributed by atoms with van der Waals surface area (Å²) in [5, 5.41) is 0. The molecule has 3 nitrogen and oxygen atoms in total. The van der Waals surface area contributed by atoms with Crippen LogP contribution >= 0.6 is 0 Å². The first-order valence-electron chi connectivity index (χ1n) is 8.33. The molecule has 2 aromatic rings. The molecule has 0 bridgehead atoms. The number of ether oxygens (including phenoxy) is 1. The van der Waals surface area contributed by atoms with Crippen molar-refractivity contribution >= 4 is 23.9 Å². The molecule has 0 aliphatic rings. The summed E-state index contributed by atoms with van der Waals surface area (Å²) in [6.07, 6.45) is 7.03. The molecule has 1 atom stereocenters. The van der Waals surface area contributed by atoms with Gasteiger partial charge in [0.2, 0.25) is 0 Å². The van der Waals surface area contributed by atoms with E-state index in [4.69, 9.17) is 4.74 Å². The maximum absolute atomic E-state index is 11.9. The lowest BCUT2D eigenvalue weighted by Crippen LogP contribution is -2.14. The van der Waals surface area contributed by atoms with Crippen LogP contribution in [-0.4, -0.2) is 17.9 Å². The number of hydrogen-bond donors (Lipinski definition) is 0. The molecule has 2 aromatic carbocycles. The van der Waals surface area contributed by atoms with Gasteiger partial charge in [0.05, 0.1) is 6.10 Å². The average molecular weight is 334 g/mol. The number of carbonyl (C=O) groups excluding carboxylic acids is 2. The Balaban J connectivity index is 1.71. The van der Waals surface area contributed by atoms with Gasteiger partial charge in [0.1, 0.15) is 0 Å². The number of hydrogen-bond acceptors (Lipinski definition) is 3. The Morgan fingerprint density at radius 1 is 0.880 bits per heavy atom. The molecule has 0 aliphatic carbocycles. The lowest BCUT2D eigenvalue weighted by atomic mass is 10.1. The van der Waals surface area contributed by atoms with Crippen molar-refractivity contribution in [1.82, 2.24) is 0 Å². The van der Waals surface area contributed by atoms with E-state index in [9.17, 15) is 9.59 Å². The summed E-state index contributed by atoms with van der Waals surface area (Å²) in [7, 11) is 0. The predicted octanol–water partition coefficient (Wildman–Crippen LogP) is 4.69. The minimum absolute atomic E-state index is 0.0200. The predicted molar refractivity (Wildman–Crippen MR) is 101 cm³/mol. The van der Waals surface area contributed by atoms with Crippen LogP contribution < -0.4 is 0 Å². The van der Waals surface area contributed by atoms with Crippen molar-refractivity contribution < 1.29 is 14.3 Å². The van der Waals surface area contributed by atoms with Gasteiger partial charge in [-0.05, 0) is 36.6 Å². The van der Waals surface area contributed by atoms with E-state index < -0.39 is 5.97 Å². The first-order chi connectivity index (χ1) is 12.1. The summed E-state index contributed by atoms with van der Waals surface area (Å²) in [5.74, 6) is -0.379. The molecular formula is C22H22O3. The topological polar surface area (TPSA) is 43.4 Å². The van der Waals surface area contributed by atoms with Crippen LogP contribution in [-0.2, 0) is 14.3 Å². The molecule has 0 radical (unpaired) electrons. The van der Waals surface area contributed by atoms with E-state index >= 15 is 0 Å². The lowest BCUT2D eigenvalue weighted by molar-refractivity contribution is -0.142. The molecule has 0 amide bonds. The lowest BCUT2D eigenvalue weighted by Gasteiger charge is -2.10. The number of esters is 1. The third-order valence-corrected chi connectivity index (χ3v) is 3.59. The van der Waals surface area contributed by atoms with Crippen LogP contribution in [0.15, 0.2) is 72.8 Å². The van der Waals surface area contributed by atoms with Crippen LogP contribution in [0.2, 0.25) is 0 Å².